The highest BCUT2D eigenvalue weighted by molar-refractivity contribution is 5.92. The Morgan fingerprint density at radius 1 is 1.27 bits per heavy atom. The quantitative estimate of drug-likeness (QED) is 0.680. The van der Waals surface area contributed by atoms with Gasteiger partial charge in [-0.05, 0) is 39.8 Å². The van der Waals surface area contributed by atoms with Crippen molar-refractivity contribution in [3.63, 3.8) is 0 Å². The zero-order valence-corrected chi connectivity index (χ0v) is 17.6. The maximum Gasteiger partial charge on any atom is 0.266 e. The van der Waals surface area contributed by atoms with E-state index in [1.54, 1.807) is 10.7 Å². The third-order valence-corrected chi connectivity index (χ3v) is 5.31. The number of ether oxygens (including phenoxy) is 1. The van der Waals surface area contributed by atoms with Gasteiger partial charge in [0, 0.05) is 36.1 Å². The molecule has 3 aromatic heterocycles. The Balaban J connectivity index is 1.46. The van der Waals surface area contributed by atoms with Gasteiger partial charge in [-0.2, -0.15) is 0 Å². The Morgan fingerprint density at radius 2 is 2.00 bits per heavy atom. The maximum atomic E-state index is 12.6. The van der Waals surface area contributed by atoms with Crippen molar-refractivity contribution in [2.24, 2.45) is 0 Å². The van der Waals surface area contributed by atoms with E-state index < -0.39 is 0 Å². The van der Waals surface area contributed by atoms with E-state index in [-0.39, 0.29) is 30.1 Å². The van der Waals surface area contributed by atoms with Crippen molar-refractivity contribution < 1.29 is 9.53 Å². The van der Waals surface area contributed by atoms with Crippen molar-refractivity contribution in [2.75, 3.05) is 23.3 Å². The number of carbonyl (C=O) groups is 1. The predicted octanol–water partition coefficient (Wildman–Crippen LogP) is 1.83. The molecular formula is C21H26N6O3. The minimum absolute atomic E-state index is 0.154. The van der Waals surface area contributed by atoms with Gasteiger partial charge in [0.05, 0.1) is 30.5 Å². The number of morpholine rings is 1. The van der Waals surface area contributed by atoms with Crippen LogP contribution in [0.1, 0.15) is 30.8 Å². The number of hydrogen-bond donors (Lipinski definition) is 2. The highest BCUT2D eigenvalue weighted by Gasteiger charge is 2.23. The second kappa shape index (κ2) is 7.91. The van der Waals surface area contributed by atoms with E-state index in [4.69, 9.17) is 4.74 Å². The van der Waals surface area contributed by atoms with Crippen LogP contribution < -0.4 is 15.8 Å². The molecule has 1 saturated heterocycles. The molecule has 0 bridgehead atoms. The van der Waals surface area contributed by atoms with Gasteiger partial charge in [-0.3, -0.25) is 14.7 Å². The predicted molar refractivity (Wildman–Crippen MR) is 114 cm³/mol. The van der Waals surface area contributed by atoms with Crippen molar-refractivity contribution in [3.05, 3.63) is 51.7 Å². The molecule has 1 aliphatic rings. The van der Waals surface area contributed by atoms with Gasteiger partial charge in [0.25, 0.3) is 5.56 Å². The third kappa shape index (κ3) is 4.06. The van der Waals surface area contributed by atoms with Gasteiger partial charge >= 0.3 is 0 Å². The lowest BCUT2D eigenvalue weighted by molar-refractivity contribution is -0.115. The van der Waals surface area contributed by atoms with Crippen molar-refractivity contribution in [3.8, 4) is 0 Å². The number of amides is 1. The number of anilines is 2. The van der Waals surface area contributed by atoms with Gasteiger partial charge in [-0.15, -0.1) is 0 Å². The third-order valence-electron chi connectivity index (χ3n) is 5.31. The standard InChI is InChI=1S/C21H26N6O3/c1-12-10-26(11-13(2)30-12)18-6-5-16(9-22-18)24-20(28)7-17-14(3)23-19-8-21(29)25-27(19)15(17)4/h5-6,8-9,12-13H,7,10-11H2,1-4H3,(H,24,28)(H,25,29). The summed E-state index contributed by atoms with van der Waals surface area (Å²) in [5, 5.41) is 5.60. The van der Waals surface area contributed by atoms with Gasteiger partial charge in [-0.1, -0.05) is 0 Å². The first kappa shape index (κ1) is 20.1. The Labute approximate surface area is 174 Å². The second-order valence-corrected chi connectivity index (χ2v) is 7.87. The van der Waals surface area contributed by atoms with E-state index >= 15 is 0 Å². The van der Waals surface area contributed by atoms with E-state index in [2.05, 4.69) is 39.1 Å². The molecule has 0 spiro atoms. The van der Waals surface area contributed by atoms with Crippen molar-refractivity contribution in [2.45, 2.75) is 46.3 Å². The highest BCUT2D eigenvalue weighted by Crippen LogP contribution is 2.20. The number of nitrogens with zero attached hydrogens (tertiary/aromatic N) is 4. The molecule has 2 atom stereocenters. The molecule has 1 aliphatic heterocycles. The van der Waals surface area contributed by atoms with Crippen molar-refractivity contribution >= 4 is 23.1 Å². The van der Waals surface area contributed by atoms with Gasteiger partial charge < -0.3 is 15.0 Å². The van der Waals surface area contributed by atoms with Crippen LogP contribution in [0.15, 0.2) is 29.2 Å². The Morgan fingerprint density at radius 3 is 2.67 bits per heavy atom. The molecule has 2 unspecified atom stereocenters. The van der Waals surface area contributed by atoms with Crippen molar-refractivity contribution in [1.29, 1.82) is 0 Å². The highest BCUT2D eigenvalue weighted by atomic mass is 16.5. The molecular weight excluding hydrogens is 384 g/mol. The minimum Gasteiger partial charge on any atom is -0.372 e. The van der Waals surface area contributed by atoms with Crippen molar-refractivity contribution in [1.82, 2.24) is 19.6 Å². The summed E-state index contributed by atoms with van der Waals surface area (Å²) in [6.45, 7) is 9.39. The maximum absolute atomic E-state index is 12.6. The largest absolute Gasteiger partial charge is 0.372 e. The number of fused-ring (bicyclic) bond motifs is 1. The van der Waals surface area contributed by atoms with Crippen LogP contribution in [0.5, 0.6) is 0 Å². The zero-order valence-electron chi connectivity index (χ0n) is 17.6. The summed E-state index contributed by atoms with van der Waals surface area (Å²) in [5.41, 5.74) is 3.27. The normalized spacial score (nSPS) is 19.3. The molecule has 158 valence electrons. The average Bonchev–Trinajstić information content (AvgIpc) is 3.05. The Bertz CT molecular complexity index is 1120. The summed E-state index contributed by atoms with van der Waals surface area (Å²) >= 11 is 0. The first-order valence-electron chi connectivity index (χ1n) is 10.0. The van der Waals surface area contributed by atoms with E-state index in [1.807, 2.05) is 26.0 Å². The van der Waals surface area contributed by atoms with Crippen LogP contribution in [0.3, 0.4) is 0 Å². The Hall–Kier alpha value is -3.20. The monoisotopic (exact) mass is 410 g/mol. The first-order valence-corrected chi connectivity index (χ1v) is 10.0. The van der Waals surface area contributed by atoms with Gasteiger partial charge in [0.1, 0.15) is 5.82 Å². The molecule has 9 nitrogen and oxygen atoms in total. The zero-order chi connectivity index (χ0) is 21.4. The molecule has 2 N–H and O–H groups in total. The molecule has 4 heterocycles. The molecule has 0 aromatic carbocycles. The molecule has 1 fully saturated rings. The molecule has 30 heavy (non-hydrogen) atoms. The molecule has 0 saturated carbocycles. The average molecular weight is 410 g/mol. The number of hydrogen-bond acceptors (Lipinski definition) is 6. The number of carbonyl (C=O) groups excluding carboxylic acids is 1. The molecule has 0 radical (unpaired) electrons. The summed E-state index contributed by atoms with van der Waals surface area (Å²) in [7, 11) is 0. The summed E-state index contributed by atoms with van der Waals surface area (Å²) < 4.78 is 7.38. The van der Waals surface area contributed by atoms with Gasteiger partial charge in [-0.25, -0.2) is 14.5 Å². The summed E-state index contributed by atoms with van der Waals surface area (Å²) in [6, 6.07) is 5.21. The number of aromatic nitrogens is 4. The minimum atomic E-state index is -0.221. The SMILES string of the molecule is Cc1nc2cc(=O)[nH]n2c(C)c1CC(=O)Nc1ccc(N2CC(C)OC(C)C2)nc1. The smallest absolute Gasteiger partial charge is 0.266 e. The van der Waals surface area contributed by atoms with Crippen LogP contribution in [-0.4, -0.2) is 50.8 Å². The lowest BCUT2D eigenvalue weighted by atomic mass is 10.1. The summed E-state index contributed by atoms with van der Waals surface area (Å²) in [5.74, 6) is 0.702. The van der Waals surface area contributed by atoms with E-state index in [0.717, 1.165) is 35.9 Å². The number of rotatable bonds is 4. The van der Waals surface area contributed by atoms with Crippen LogP contribution in [0.4, 0.5) is 11.5 Å². The molecule has 3 aromatic rings. The topological polar surface area (TPSA) is 105 Å². The summed E-state index contributed by atoms with van der Waals surface area (Å²) in [6.07, 6.45) is 2.13. The fraction of sp³-hybridized carbons (Fsp3) is 0.429. The van der Waals surface area contributed by atoms with Crippen LogP contribution in [-0.2, 0) is 16.0 Å². The number of nitrogens with one attached hydrogen (secondary N) is 2. The fourth-order valence-corrected chi connectivity index (χ4v) is 3.99. The lowest BCUT2D eigenvalue weighted by Gasteiger charge is -2.36. The molecule has 4 rings (SSSR count). The summed E-state index contributed by atoms with van der Waals surface area (Å²) in [4.78, 5) is 35.3. The number of aryl methyl sites for hydroxylation is 2. The number of pyridine rings is 1. The number of aromatic amines is 1. The van der Waals surface area contributed by atoms with Crippen LogP contribution in [0.2, 0.25) is 0 Å². The lowest BCUT2D eigenvalue weighted by Crippen LogP contribution is -2.45. The fourth-order valence-electron chi connectivity index (χ4n) is 3.99. The molecule has 0 aliphatic carbocycles. The van der Waals surface area contributed by atoms with Gasteiger partial charge in [0.2, 0.25) is 5.91 Å². The van der Waals surface area contributed by atoms with Gasteiger partial charge in [0.15, 0.2) is 5.65 Å². The van der Waals surface area contributed by atoms with Crippen LogP contribution in [0.25, 0.3) is 5.65 Å². The van der Waals surface area contributed by atoms with E-state index in [1.165, 1.54) is 6.07 Å². The molecule has 9 heteroatoms. The van der Waals surface area contributed by atoms with E-state index in [0.29, 0.717) is 11.3 Å². The number of H-pyrrole nitrogens is 1. The van der Waals surface area contributed by atoms with E-state index in [9.17, 15) is 9.59 Å². The molecule has 1 amide bonds. The first-order chi connectivity index (χ1) is 14.3. The van der Waals surface area contributed by atoms with Crippen LogP contribution in [0, 0.1) is 13.8 Å². The Kier molecular flexibility index (Phi) is 5.29. The van der Waals surface area contributed by atoms with Crippen LogP contribution >= 0.6 is 0 Å². The second-order valence-electron chi connectivity index (χ2n) is 7.87.